The van der Waals surface area contributed by atoms with Crippen LogP contribution in [0.2, 0.25) is 0 Å². The van der Waals surface area contributed by atoms with Crippen LogP contribution in [0.3, 0.4) is 0 Å². The van der Waals surface area contributed by atoms with E-state index in [9.17, 15) is 14.4 Å². The van der Waals surface area contributed by atoms with Gasteiger partial charge in [-0.15, -0.1) is 0 Å². The molecule has 30 heavy (non-hydrogen) atoms. The van der Waals surface area contributed by atoms with Crippen molar-refractivity contribution in [2.45, 2.75) is 85.2 Å². The van der Waals surface area contributed by atoms with E-state index in [0.717, 1.165) is 38.5 Å². The Morgan fingerprint density at radius 1 is 1.10 bits per heavy atom. The number of hydrogen-bond donors (Lipinski definition) is 2. The van der Waals surface area contributed by atoms with Crippen molar-refractivity contribution in [1.82, 2.24) is 20.6 Å². The fourth-order valence-electron chi connectivity index (χ4n) is 3.93. The first kappa shape index (κ1) is 24.0. The van der Waals surface area contributed by atoms with Gasteiger partial charge in [0.15, 0.2) is 5.78 Å². The Bertz CT molecular complexity index is 724. The number of nitrogens with one attached hydrogen (secondary N) is 2. The molecular weight excluding hydrogens is 380 g/mol. The molecule has 0 bridgehead atoms. The summed E-state index contributed by atoms with van der Waals surface area (Å²) in [5.41, 5.74) is -0.253. The molecule has 0 aromatic carbocycles. The lowest BCUT2D eigenvalue weighted by Gasteiger charge is -2.35. The summed E-state index contributed by atoms with van der Waals surface area (Å²) in [6.45, 7) is 9.71. The molecule has 1 fully saturated rings. The van der Waals surface area contributed by atoms with Crippen LogP contribution in [0.5, 0.6) is 0 Å². The van der Waals surface area contributed by atoms with Crippen molar-refractivity contribution in [3.63, 3.8) is 0 Å². The minimum absolute atomic E-state index is 0.0287. The third-order valence-corrected chi connectivity index (χ3v) is 6.02. The summed E-state index contributed by atoms with van der Waals surface area (Å²) in [6, 6.07) is -1.31. The largest absolute Gasteiger partial charge is 0.344 e. The molecule has 7 nitrogen and oxygen atoms in total. The van der Waals surface area contributed by atoms with Crippen LogP contribution in [-0.2, 0) is 9.59 Å². The maximum Gasteiger partial charge on any atom is 0.272 e. The second kappa shape index (κ2) is 10.6. The third kappa shape index (κ3) is 6.34. The first-order chi connectivity index (χ1) is 14.1. The lowest BCUT2D eigenvalue weighted by Crippen LogP contribution is -2.58. The van der Waals surface area contributed by atoms with Gasteiger partial charge in [0.1, 0.15) is 11.7 Å². The van der Waals surface area contributed by atoms with Crippen molar-refractivity contribution >= 4 is 17.6 Å². The van der Waals surface area contributed by atoms with Crippen molar-refractivity contribution in [2.75, 3.05) is 0 Å². The smallest absolute Gasteiger partial charge is 0.272 e. The van der Waals surface area contributed by atoms with E-state index in [4.69, 9.17) is 0 Å². The number of amides is 2. The van der Waals surface area contributed by atoms with Crippen LogP contribution in [0.15, 0.2) is 18.6 Å². The van der Waals surface area contributed by atoms with Gasteiger partial charge in [0.25, 0.3) is 5.91 Å². The molecule has 2 N–H and O–H groups in total. The van der Waals surface area contributed by atoms with Crippen LogP contribution >= 0.6 is 0 Å². The van der Waals surface area contributed by atoms with Crippen LogP contribution in [0.25, 0.3) is 0 Å². The summed E-state index contributed by atoms with van der Waals surface area (Å²) >= 11 is 0. The summed E-state index contributed by atoms with van der Waals surface area (Å²) in [5, 5.41) is 5.86. The van der Waals surface area contributed by atoms with Gasteiger partial charge in [0, 0.05) is 18.3 Å². The van der Waals surface area contributed by atoms with E-state index in [1.54, 1.807) is 0 Å². The number of aromatic nitrogens is 2. The molecule has 2 rings (SSSR count). The molecule has 0 radical (unpaired) electrons. The predicted molar refractivity (Wildman–Crippen MR) is 116 cm³/mol. The first-order valence-electron chi connectivity index (χ1n) is 11.1. The van der Waals surface area contributed by atoms with Gasteiger partial charge in [-0.3, -0.25) is 19.4 Å². The SMILES string of the molecule is CCC(C)C(=O)C(NC(=O)C(NC(=O)c1cnccn1)C1CCCCC1)C(C)(C)C. The summed E-state index contributed by atoms with van der Waals surface area (Å²) in [5.74, 6) is -0.790. The molecule has 0 saturated heterocycles. The molecule has 7 heteroatoms. The third-order valence-electron chi connectivity index (χ3n) is 6.02. The molecule has 1 heterocycles. The zero-order valence-corrected chi connectivity index (χ0v) is 18.9. The molecule has 2 amide bonds. The molecule has 1 saturated carbocycles. The fourth-order valence-corrected chi connectivity index (χ4v) is 3.93. The minimum atomic E-state index is -0.700. The highest BCUT2D eigenvalue weighted by Gasteiger charge is 2.38. The van der Waals surface area contributed by atoms with Gasteiger partial charge < -0.3 is 10.6 Å². The lowest BCUT2D eigenvalue weighted by atomic mass is 9.79. The molecule has 1 aliphatic rings. The first-order valence-corrected chi connectivity index (χ1v) is 11.1. The molecule has 1 aromatic heterocycles. The van der Waals surface area contributed by atoms with E-state index in [-0.39, 0.29) is 29.2 Å². The number of Topliss-reactive ketones (excluding diaryl/α,β-unsaturated/α-hetero) is 1. The Balaban J connectivity index is 2.24. The van der Waals surface area contributed by atoms with Crippen molar-refractivity contribution in [3.05, 3.63) is 24.3 Å². The molecule has 1 aromatic rings. The van der Waals surface area contributed by atoms with Gasteiger partial charge in [0.2, 0.25) is 5.91 Å². The van der Waals surface area contributed by atoms with Crippen LogP contribution in [0.1, 0.15) is 83.6 Å². The predicted octanol–water partition coefficient (Wildman–Crippen LogP) is 3.30. The van der Waals surface area contributed by atoms with Crippen molar-refractivity contribution in [1.29, 1.82) is 0 Å². The molecule has 3 unspecified atom stereocenters. The van der Waals surface area contributed by atoms with Crippen molar-refractivity contribution < 1.29 is 14.4 Å². The quantitative estimate of drug-likeness (QED) is 0.677. The highest BCUT2D eigenvalue weighted by atomic mass is 16.2. The Labute approximate surface area is 179 Å². The highest BCUT2D eigenvalue weighted by molar-refractivity contribution is 5.97. The molecular formula is C23H36N4O3. The average molecular weight is 417 g/mol. The zero-order chi connectivity index (χ0) is 22.3. The fraction of sp³-hybridized carbons (Fsp3) is 0.696. The van der Waals surface area contributed by atoms with Gasteiger partial charge in [-0.05, 0) is 30.6 Å². The van der Waals surface area contributed by atoms with Crippen LogP contribution in [-0.4, -0.2) is 39.6 Å². The van der Waals surface area contributed by atoms with Gasteiger partial charge >= 0.3 is 0 Å². The van der Waals surface area contributed by atoms with Crippen LogP contribution in [0.4, 0.5) is 0 Å². The summed E-state index contributed by atoms with van der Waals surface area (Å²) < 4.78 is 0. The lowest BCUT2D eigenvalue weighted by molar-refractivity contribution is -0.134. The number of hydrogen-bond acceptors (Lipinski definition) is 5. The highest BCUT2D eigenvalue weighted by Crippen LogP contribution is 2.28. The molecule has 1 aliphatic carbocycles. The topological polar surface area (TPSA) is 101 Å². The molecule has 3 atom stereocenters. The number of nitrogens with zero attached hydrogens (tertiary/aromatic N) is 2. The second-order valence-electron chi connectivity index (χ2n) is 9.46. The Kier molecular flexibility index (Phi) is 8.50. The van der Waals surface area contributed by atoms with Crippen molar-refractivity contribution in [2.24, 2.45) is 17.3 Å². The standard InChI is InChI=1S/C23H36N4O3/c1-6-15(2)19(28)20(23(3,4)5)27-22(30)18(16-10-8-7-9-11-16)26-21(29)17-14-24-12-13-25-17/h12-16,18,20H,6-11H2,1-5H3,(H,26,29)(H,27,30). The normalized spacial score (nSPS) is 18.2. The van der Waals surface area contributed by atoms with E-state index in [0.29, 0.717) is 0 Å². The van der Waals surface area contributed by atoms with Gasteiger partial charge in [-0.2, -0.15) is 0 Å². The maximum atomic E-state index is 13.4. The van der Waals surface area contributed by atoms with E-state index in [2.05, 4.69) is 20.6 Å². The Morgan fingerprint density at radius 2 is 1.77 bits per heavy atom. The zero-order valence-electron chi connectivity index (χ0n) is 18.9. The van der Waals surface area contributed by atoms with E-state index in [1.807, 2.05) is 34.6 Å². The van der Waals surface area contributed by atoms with Crippen LogP contribution in [0, 0.1) is 17.3 Å². The summed E-state index contributed by atoms with van der Waals surface area (Å²) in [4.78, 5) is 47.0. The number of ketones is 1. The summed E-state index contributed by atoms with van der Waals surface area (Å²) in [7, 11) is 0. The van der Waals surface area contributed by atoms with Gasteiger partial charge in [0.05, 0.1) is 12.2 Å². The summed E-state index contributed by atoms with van der Waals surface area (Å²) in [6.07, 6.45) is 10.00. The van der Waals surface area contributed by atoms with Crippen molar-refractivity contribution in [3.8, 4) is 0 Å². The second-order valence-corrected chi connectivity index (χ2v) is 9.46. The van der Waals surface area contributed by atoms with E-state index >= 15 is 0 Å². The molecule has 166 valence electrons. The molecule has 0 spiro atoms. The average Bonchev–Trinajstić information content (AvgIpc) is 2.74. The number of carbonyl (C=O) groups excluding carboxylic acids is 3. The Morgan fingerprint density at radius 3 is 2.30 bits per heavy atom. The van der Waals surface area contributed by atoms with Crippen LogP contribution < -0.4 is 10.6 Å². The van der Waals surface area contributed by atoms with E-state index in [1.165, 1.54) is 18.6 Å². The minimum Gasteiger partial charge on any atom is -0.344 e. The van der Waals surface area contributed by atoms with Gasteiger partial charge in [-0.1, -0.05) is 53.9 Å². The number of rotatable bonds is 8. The monoisotopic (exact) mass is 416 g/mol. The maximum absolute atomic E-state index is 13.4. The molecule has 0 aliphatic heterocycles. The van der Waals surface area contributed by atoms with Gasteiger partial charge in [-0.25, -0.2) is 4.98 Å². The van der Waals surface area contributed by atoms with E-state index < -0.39 is 23.4 Å². The Hall–Kier alpha value is -2.31. The number of carbonyl (C=O) groups is 3.